The largest absolute Gasteiger partial charge is 0.444 e. The van der Waals surface area contributed by atoms with E-state index in [-0.39, 0.29) is 29.9 Å². The standard InChI is InChI=1S/C12H23NO5S/c1-12(2,3)18-11(15)13-6-9-4-5-19(16,17)8-10(9)7-14/h9-10,14H,4-8H2,1-3H3,(H,13,15)/t9-,10+/m0/s1. The molecule has 1 aliphatic rings. The number of amides is 1. The number of sulfone groups is 1. The van der Waals surface area contributed by atoms with Crippen molar-refractivity contribution in [3.63, 3.8) is 0 Å². The minimum absolute atomic E-state index is 0.00976. The molecule has 0 aromatic rings. The number of ether oxygens (including phenoxy) is 1. The van der Waals surface area contributed by atoms with Gasteiger partial charge < -0.3 is 15.2 Å². The number of carbonyl (C=O) groups is 1. The smallest absolute Gasteiger partial charge is 0.407 e. The Bertz CT molecular complexity index is 412. The zero-order valence-corrected chi connectivity index (χ0v) is 12.5. The molecule has 0 aliphatic carbocycles. The first-order valence-electron chi connectivity index (χ1n) is 6.41. The number of hydrogen-bond donors (Lipinski definition) is 2. The van der Waals surface area contributed by atoms with Gasteiger partial charge in [-0.15, -0.1) is 0 Å². The molecular weight excluding hydrogens is 270 g/mol. The van der Waals surface area contributed by atoms with Crippen molar-refractivity contribution in [3.05, 3.63) is 0 Å². The summed E-state index contributed by atoms with van der Waals surface area (Å²) in [7, 11) is -3.05. The molecule has 0 spiro atoms. The molecule has 1 aliphatic heterocycles. The first kappa shape index (κ1) is 16.2. The average molecular weight is 293 g/mol. The Morgan fingerprint density at radius 3 is 2.53 bits per heavy atom. The van der Waals surface area contributed by atoms with Crippen LogP contribution in [-0.2, 0) is 14.6 Å². The number of nitrogens with one attached hydrogen (secondary N) is 1. The van der Waals surface area contributed by atoms with Crippen molar-refractivity contribution in [1.29, 1.82) is 0 Å². The molecule has 2 N–H and O–H groups in total. The summed E-state index contributed by atoms with van der Waals surface area (Å²) >= 11 is 0. The predicted molar refractivity (Wildman–Crippen MR) is 71.6 cm³/mol. The maximum absolute atomic E-state index is 11.5. The quantitative estimate of drug-likeness (QED) is 0.793. The fraction of sp³-hybridized carbons (Fsp3) is 0.917. The van der Waals surface area contributed by atoms with Gasteiger partial charge >= 0.3 is 6.09 Å². The van der Waals surface area contributed by atoms with Crippen LogP contribution in [-0.4, -0.2) is 49.9 Å². The Hall–Kier alpha value is -0.820. The summed E-state index contributed by atoms with van der Waals surface area (Å²) in [4.78, 5) is 11.5. The van der Waals surface area contributed by atoms with E-state index in [1.54, 1.807) is 20.8 Å². The van der Waals surface area contributed by atoms with Crippen LogP contribution in [0.4, 0.5) is 4.79 Å². The third-order valence-electron chi connectivity index (χ3n) is 3.08. The van der Waals surface area contributed by atoms with E-state index >= 15 is 0 Å². The zero-order chi connectivity index (χ0) is 14.7. The minimum Gasteiger partial charge on any atom is -0.444 e. The molecule has 2 atom stereocenters. The first-order chi connectivity index (χ1) is 8.63. The first-order valence-corrected chi connectivity index (χ1v) is 8.23. The van der Waals surface area contributed by atoms with Crippen LogP contribution in [0, 0.1) is 11.8 Å². The van der Waals surface area contributed by atoms with Gasteiger partial charge in [0, 0.05) is 19.1 Å². The van der Waals surface area contributed by atoms with Crippen molar-refractivity contribution >= 4 is 15.9 Å². The highest BCUT2D eigenvalue weighted by atomic mass is 32.2. The topological polar surface area (TPSA) is 92.7 Å². The van der Waals surface area contributed by atoms with Gasteiger partial charge in [0.2, 0.25) is 0 Å². The van der Waals surface area contributed by atoms with Crippen LogP contribution in [0.5, 0.6) is 0 Å². The van der Waals surface area contributed by atoms with Crippen molar-refractivity contribution in [2.75, 3.05) is 24.7 Å². The molecule has 0 saturated carbocycles. The van der Waals surface area contributed by atoms with E-state index in [4.69, 9.17) is 4.74 Å². The highest BCUT2D eigenvalue weighted by Crippen LogP contribution is 2.24. The van der Waals surface area contributed by atoms with Crippen LogP contribution in [0.3, 0.4) is 0 Å². The number of rotatable bonds is 3. The Balaban J connectivity index is 2.47. The number of aliphatic hydroxyl groups is 1. The molecule has 0 unspecified atom stereocenters. The Morgan fingerprint density at radius 2 is 2.00 bits per heavy atom. The molecule has 1 heterocycles. The second kappa shape index (κ2) is 6.09. The molecular formula is C12H23NO5S. The second-order valence-electron chi connectivity index (χ2n) is 5.99. The predicted octanol–water partition coefficient (Wildman–Crippen LogP) is 0.554. The summed E-state index contributed by atoms with van der Waals surface area (Å²) in [5.74, 6) is -0.233. The highest BCUT2D eigenvalue weighted by molar-refractivity contribution is 7.91. The molecule has 0 radical (unpaired) electrons. The van der Waals surface area contributed by atoms with E-state index in [0.717, 1.165) is 0 Å². The molecule has 1 amide bonds. The van der Waals surface area contributed by atoms with Gasteiger partial charge in [-0.25, -0.2) is 13.2 Å². The lowest BCUT2D eigenvalue weighted by Gasteiger charge is -2.30. The van der Waals surface area contributed by atoms with Crippen molar-refractivity contribution in [1.82, 2.24) is 5.32 Å². The third-order valence-corrected chi connectivity index (χ3v) is 4.87. The zero-order valence-electron chi connectivity index (χ0n) is 11.7. The second-order valence-corrected chi connectivity index (χ2v) is 8.22. The molecule has 1 saturated heterocycles. The van der Waals surface area contributed by atoms with Crippen LogP contribution < -0.4 is 5.32 Å². The average Bonchev–Trinajstić information content (AvgIpc) is 2.24. The van der Waals surface area contributed by atoms with Gasteiger partial charge in [-0.3, -0.25) is 0 Å². The maximum atomic E-state index is 11.5. The molecule has 1 rings (SSSR count). The Morgan fingerprint density at radius 1 is 1.37 bits per heavy atom. The summed E-state index contributed by atoms with van der Waals surface area (Å²) in [5.41, 5.74) is -0.559. The van der Waals surface area contributed by atoms with E-state index in [1.165, 1.54) is 0 Å². The molecule has 6 nitrogen and oxygen atoms in total. The number of hydrogen-bond acceptors (Lipinski definition) is 5. The van der Waals surface area contributed by atoms with Gasteiger partial charge in [0.15, 0.2) is 9.84 Å². The SMILES string of the molecule is CC(C)(C)OC(=O)NC[C@@H]1CCS(=O)(=O)C[C@H]1CO. The molecule has 19 heavy (non-hydrogen) atoms. The van der Waals surface area contributed by atoms with Crippen LogP contribution in [0.25, 0.3) is 0 Å². The van der Waals surface area contributed by atoms with E-state index in [9.17, 15) is 18.3 Å². The van der Waals surface area contributed by atoms with Gasteiger partial charge in [0.25, 0.3) is 0 Å². The number of alkyl carbamates (subject to hydrolysis) is 1. The van der Waals surface area contributed by atoms with E-state index in [0.29, 0.717) is 13.0 Å². The van der Waals surface area contributed by atoms with Crippen molar-refractivity contribution in [2.45, 2.75) is 32.8 Å². The Labute approximate surface area is 114 Å². The number of aliphatic hydroxyl groups excluding tert-OH is 1. The van der Waals surface area contributed by atoms with Gasteiger partial charge in [-0.2, -0.15) is 0 Å². The normalized spacial score (nSPS) is 26.7. The van der Waals surface area contributed by atoms with E-state index in [2.05, 4.69) is 5.32 Å². The fourth-order valence-electron chi connectivity index (χ4n) is 2.11. The number of carbonyl (C=O) groups excluding carboxylic acids is 1. The monoisotopic (exact) mass is 293 g/mol. The van der Waals surface area contributed by atoms with Crippen molar-refractivity contribution in [3.8, 4) is 0 Å². The molecule has 112 valence electrons. The maximum Gasteiger partial charge on any atom is 0.407 e. The summed E-state index contributed by atoms with van der Waals surface area (Å²) in [5, 5.41) is 11.9. The van der Waals surface area contributed by atoms with Gasteiger partial charge in [-0.1, -0.05) is 0 Å². The molecule has 0 aromatic heterocycles. The van der Waals surface area contributed by atoms with Gasteiger partial charge in [-0.05, 0) is 33.1 Å². The molecule has 1 fully saturated rings. The van der Waals surface area contributed by atoms with Crippen LogP contribution in [0.2, 0.25) is 0 Å². The molecule has 0 bridgehead atoms. The lowest BCUT2D eigenvalue weighted by Crippen LogP contribution is -2.42. The van der Waals surface area contributed by atoms with Crippen molar-refractivity contribution in [2.24, 2.45) is 11.8 Å². The molecule has 7 heteroatoms. The van der Waals surface area contributed by atoms with Crippen LogP contribution in [0.1, 0.15) is 27.2 Å². The highest BCUT2D eigenvalue weighted by Gasteiger charge is 2.33. The third kappa shape index (κ3) is 5.78. The Kier molecular flexibility index (Phi) is 5.20. The summed E-state index contributed by atoms with van der Waals surface area (Å²) in [6.45, 7) is 5.47. The summed E-state index contributed by atoms with van der Waals surface area (Å²) in [6, 6.07) is 0. The summed E-state index contributed by atoms with van der Waals surface area (Å²) in [6.07, 6.45) is -0.0544. The van der Waals surface area contributed by atoms with Crippen LogP contribution in [0.15, 0.2) is 0 Å². The van der Waals surface area contributed by atoms with Crippen molar-refractivity contribution < 1.29 is 23.1 Å². The molecule has 0 aromatic carbocycles. The van der Waals surface area contributed by atoms with E-state index < -0.39 is 21.5 Å². The fourth-order valence-corrected chi connectivity index (χ4v) is 3.97. The van der Waals surface area contributed by atoms with Gasteiger partial charge in [0.1, 0.15) is 5.60 Å². The van der Waals surface area contributed by atoms with Gasteiger partial charge in [0.05, 0.1) is 11.5 Å². The minimum atomic E-state index is -3.05. The van der Waals surface area contributed by atoms with E-state index in [1.807, 2.05) is 0 Å². The van der Waals surface area contributed by atoms with Crippen LogP contribution >= 0.6 is 0 Å². The lowest BCUT2D eigenvalue weighted by atomic mass is 9.91. The summed E-state index contributed by atoms with van der Waals surface area (Å²) < 4.78 is 28.0. The lowest BCUT2D eigenvalue weighted by molar-refractivity contribution is 0.0507.